The van der Waals surface area contributed by atoms with Crippen LogP contribution in [-0.4, -0.2) is 12.3 Å². The van der Waals surface area contributed by atoms with E-state index in [0.717, 1.165) is 6.07 Å². The molecule has 0 aliphatic heterocycles. The van der Waals surface area contributed by atoms with E-state index in [2.05, 4.69) is 0 Å². The van der Waals surface area contributed by atoms with Gasteiger partial charge in [0.1, 0.15) is 0 Å². The monoisotopic (exact) mass is 185 g/mol. The van der Waals surface area contributed by atoms with Gasteiger partial charge in [-0.25, -0.2) is 8.78 Å². The van der Waals surface area contributed by atoms with Crippen LogP contribution in [0.2, 0.25) is 0 Å². The average molecular weight is 185 g/mol. The number of carbonyl (C=O) groups excluding carboxylic acids is 1. The van der Waals surface area contributed by atoms with E-state index in [1.54, 1.807) is 0 Å². The molecule has 0 spiro atoms. The lowest BCUT2D eigenvalue weighted by atomic mass is 10.1. The maximum absolute atomic E-state index is 12.9. The van der Waals surface area contributed by atoms with Gasteiger partial charge in [-0.2, -0.15) is 0 Å². The standard InChI is InChI=1S/C9H9F2NO/c10-8-3-1-2-6(9(8)11)4-7(13)5-12/h1-3H,4-5,12H2. The summed E-state index contributed by atoms with van der Waals surface area (Å²) in [5.41, 5.74) is 5.09. The fraction of sp³-hybridized carbons (Fsp3) is 0.222. The van der Waals surface area contributed by atoms with Gasteiger partial charge in [0.2, 0.25) is 0 Å². The highest BCUT2D eigenvalue weighted by atomic mass is 19.2. The lowest BCUT2D eigenvalue weighted by Crippen LogP contribution is -2.16. The second-order valence-electron chi connectivity index (χ2n) is 2.63. The third kappa shape index (κ3) is 2.32. The van der Waals surface area contributed by atoms with Crippen molar-refractivity contribution >= 4 is 5.78 Å². The number of benzene rings is 1. The number of rotatable bonds is 3. The predicted molar refractivity (Wildman–Crippen MR) is 44.1 cm³/mol. The van der Waals surface area contributed by atoms with Gasteiger partial charge in [-0.3, -0.25) is 4.79 Å². The molecule has 13 heavy (non-hydrogen) atoms. The SMILES string of the molecule is NCC(=O)Cc1cccc(F)c1F. The molecule has 0 aliphatic carbocycles. The van der Waals surface area contributed by atoms with E-state index < -0.39 is 11.6 Å². The predicted octanol–water partition coefficient (Wildman–Crippen LogP) is 1.04. The molecule has 4 heteroatoms. The molecular formula is C9H9F2NO. The summed E-state index contributed by atoms with van der Waals surface area (Å²) in [4.78, 5) is 10.8. The van der Waals surface area contributed by atoms with Crippen LogP contribution in [0.5, 0.6) is 0 Å². The molecule has 0 saturated heterocycles. The molecule has 0 aromatic heterocycles. The Morgan fingerprint density at radius 2 is 2.08 bits per heavy atom. The van der Waals surface area contributed by atoms with E-state index in [9.17, 15) is 13.6 Å². The van der Waals surface area contributed by atoms with Gasteiger partial charge < -0.3 is 5.73 Å². The number of carbonyl (C=O) groups is 1. The van der Waals surface area contributed by atoms with Crippen LogP contribution in [0.3, 0.4) is 0 Å². The summed E-state index contributed by atoms with van der Waals surface area (Å²) in [5.74, 6) is -2.23. The molecule has 0 unspecified atom stereocenters. The smallest absolute Gasteiger partial charge is 0.162 e. The molecule has 0 atom stereocenters. The van der Waals surface area contributed by atoms with Gasteiger partial charge in [0, 0.05) is 6.42 Å². The van der Waals surface area contributed by atoms with Crippen LogP contribution in [0.15, 0.2) is 18.2 Å². The second-order valence-corrected chi connectivity index (χ2v) is 2.63. The Labute approximate surface area is 74.4 Å². The van der Waals surface area contributed by atoms with Gasteiger partial charge in [-0.15, -0.1) is 0 Å². The summed E-state index contributed by atoms with van der Waals surface area (Å²) in [7, 11) is 0. The average Bonchev–Trinajstić information content (AvgIpc) is 2.13. The van der Waals surface area contributed by atoms with Crippen molar-refractivity contribution in [1.29, 1.82) is 0 Å². The summed E-state index contributed by atoms with van der Waals surface area (Å²) in [6, 6.07) is 3.73. The van der Waals surface area contributed by atoms with Crippen LogP contribution in [0.25, 0.3) is 0 Å². The molecule has 2 nitrogen and oxygen atoms in total. The van der Waals surface area contributed by atoms with Crippen molar-refractivity contribution in [2.75, 3.05) is 6.54 Å². The molecule has 0 radical (unpaired) electrons. The molecule has 0 amide bonds. The first-order chi connectivity index (χ1) is 6.15. The quantitative estimate of drug-likeness (QED) is 0.764. The van der Waals surface area contributed by atoms with Crippen molar-refractivity contribution in [2.24, 2.45) is 5.73 Å². The van der Waals surface area contributed by atoms with Crippen LogP contribution in [0.1, 0.15) is 5.56 Å². The molecule has 1 rings (SSSR count). The number of halogens is 2. The highest BCUT2D eigenvalue weighted by Gasteiger charge is 2.09. The number of ketones is 1. The van der Waals surface area contributed by atoms with Crippen LogP contribution < -0.4 is 5.73 Å². The minimum atomic E-state index is -0.968. The van der Waals surface area contributed by atoms with Gasteiger partial charge in [-0.05, 0) is 11.6 Å². The summed E-state index contributed by atoms with van der Waals surface area (Å²) < 4.78 is 25.5. The zero-order valence-corrected chi connectivity index (χ0v) is 6.89. The van der Waals surface area contributed by atoms with Gasteiger partial charge >= 0.3 is 0 Å². The normalized spacial score (nSPS) is 10.1. The minimum Gasteiger partial charge on any atom is -0.324 e. The number of Topliss-reactive ketones (excluding diaryl/α,β-unsaturated/α-hetero) is 1. The first kappa shape index (κ1) is 9.80. The zero-order chi connectivity index (χ0) is 9.84. The van der Waals surface area contributed by atoms with Gasteiger partial charge in [0.15, 0.2) is 17.4 Å². The number of hydrogen-bond acceptors (Lipinski definition) is 2. The Morgan fingerprint density at radius 3 is 2.69 bits per heavy atom. The van der Waals surface area contributed by atoms with Crippen molar-refractivity contribution in [1.82, 2.24) is 0 Å². The van der Waals surface area contributed by atoms with Crippen molar-refractivity contribution in [3.05, 3.63) is 35.4 Å². The lowest BCUT2D eigenvalue weighted by Gasteiger charge is -2.01. The van der Waals surface area contributed by atoms with Gasteiger partial charge in [0.25, 0.3) is 0 Å². The van der Waals surface area contributed by atoms with Gasteiger partial charge in [-0.1, -0.05) is 12.1 Å². The van der Waals surface area contributed by atoms with Crippen LogP contribution in [0, 0.1) is 11.6 Å². The maximum Gasteiger partial charge on any atom is 0.162 e. The van der Waals surface area contributed by atoms with E-state index >= 15 is 0 Å². The highest BCUT2D eigenvalue weighted by Crippen LogP contribution is 2.11. The Kier molecular flexibility index (Phi) is 3.08. The molecule has 0 heterocycles. The molecule has 2 N–H and O–H groups in total. The van der Waals surface area contributed by atoms with E-state index in [-0.39, 0.29) is 24.3 Å². The van der Waals surface area contributed by atoms with Crippen LogP contribution in [0.4, 0.5) is 8.78 Å². The molecule has 1 aromatic rings. The van der Waals surface area contributed by atoms with Crippen LogP contribution >= 0.6 is 0 Å². The topological polar surface area (TPSA) is 43.1 Å². The Balaban J connectivity index is 2.89. The lowest BCUT2D eigenvalue weighted by molar-refractivity contribution is -0.117. The molecule has 0 bridgehead atoms. The number of nitrogens with two attached hydrogens (primary N) is 1. The molecule has 0 fully saturated rings. The second kappa shape index (κ2) is 4.09. The highest BCUT2D eigenvalue weighted by molar-refractivity contribution is 5.82. The summed E-state index contributed by atoms with van der Waals surface area (Å²) in [6.07, 6.45) is -0.153. The maximum atomic E-state index is 12.9. The van der Waals surface area contributed by atoms with E-state index in [0.29, 0.717) is 0 Å². The molecule has 0 aliphatic rings. The third-order valence-corrected chi connectivity index (χ3v) is 1.65. The summed E-state index contributed by atoms with van der Waals surface area (Å²) in [5, 5.41) is 0. The first-order valence-corrected chi connectivity index (χ1v) is 3.80. The third-order valence-electron chi connectivity index (χ3n) is 1.65. The Hall–Kier alpha value is -1.29. The van der Waals surface area contributed by atoms with Crippen molar-refractivity contribution in [3.63, 3.8) is 0 Å². The first-order valence-electron chi connectivity index (χ1n) is 3.80. The Bertz CT molecular complexity index is 325. The fourth-order valence-electron chi connectivity index (χ4n) is 0.970. The van der Waals surface area contributed by atoms with Crippen molar-refractivity contribution in [3.8, 4) is 0 Å². The van der Waals surface area contributed by atoms with E-state index in [1.165, 1.54) is 12.1 Å². The largest absolute Gasteiger partial charge is 0.324 e. The summed E-state index contributed by atoms with van der Waals surface area (Å²) >= 11 is 0. The Morgan fingerprint density at radius 1 is 1.38 bits per heavy atom. The van der Waals surface area contributed by atoms with Gasteiger partial charge in [0.05, 0.1) is 6.54 Å². The van der Waals surface area contributed by atoms with E-state index in [4.69, 9.17) is 5.73 Å². The summed E-state index contributed by atoms with van der Waals surface area (Å²) in [6.45, 7) is -0.157. The van der Waals surface area contributed by atoms with Crippen LogP contribution in [-0.2, 0) is 11.2 Å². The van der Waals surface area contributed by atoms with Crippen molar-refractivity contribution < 1.29 is 13.6 Å². The zero-order valence-electron chi connectivity index (χ0n) is 6.89. The fourth-order valence-corrected chi connectivity index (χ4v) is 0.970. The molecular weight excluding hydrogens is 176 g/mol. The molecule has 1 aromatic carbocycles. The minimum absolute atomic E-state index is 0.0513. The van der Waals surface area contributed by atoms with E-state index in [1.807, 2.05) is 0 Å². The molecule has 70 valence electrons. The number of hydrogen-bond donors (Lipinski definition) is 1. The van der Waals surface area contributed by atoms with Crippen molar-refractivity contribution in [2.45, 2.75) is 6.42 Å². The molecule has 0 saturated carbocycles.